The van der Waals surface area contributed by atoms with Gasteiger partial charge in [0, 0.05) is 29.7 Å². The van der Waals surface area contributed by atoms with Crippen molar-refractivity contribution in [2.75, 3.05) is 18.0 Å². The van der Waals surface area contributed by atoms with E-state index in [0.29, 0.717) is 5.56 Å². The topological polar surface area (TPSA) is 75.4 Å². The van der Waals surface area contributed by atoms with Crippen LogP contribution in [0.3, 0.4) is 0 Å². The minimum absolute atomic E-state index is 0.0163. The highest BCUT2D eigenvalue weighted by Gasteiger charge is 2.35. The van der Waals surface area contributed by atoms with Crippen LogP contribution in [-0.4, -0.2) is 40.0 Å². The molecular weight excluding hydrogens is 537 g/mol. The van der Waals surface area contributed by atoms with E-state index in [9.17, 15) is 18.0 Å². The van der Waals surface area contributed by atoms with Crippen molar-refractivity contribution in [3.8, 4) is 16.4 Å². The molecule has 0 spiro atoms. The molecule has 0 saturated heterocycles. The van der Waals surface area contributed by atoms with Crippen LogP contribution in [0.25, 0.3) is 27.2 Å². The summed E-state index contributed by atoms with van der Waals surface area (Å²) in [4.78, 5) is 19.1. The molecule has 5 aromatic rings. The molecule has 0 saturated carbocycles. The van der Waals surface area contributed by atoms with Gasteiger partial charge < -0.3 is 4.90 Å². The third-order valence-corrected chi connectivity index (χ3v) is 7.17. The minimum Gasteiger partial charge on any atom is -0.372 e. The fourth-order valence-corrected chi connectivity index (χ4v) is 5.04. The summed E-state index contributed by atoms with van der Waals surface area (Å²) in [6, 6.07) is 21.7. The van der Waals surface area contributed by atoms with E-state index in [0.717, 1.165) is 57.2 Å². The molecule has 11 heteroatoms. The lowest BCUT2D eigenvalue weighted by Gasteiger charge is -2.20. The molecule has 0 radical (unpaired) electrons. The standard InChI is InChI=1S/C29H25F3N6OS/c1-3-37(4-2)23-13-9-19(10-14-23)17-33-35-27(39)24-18-40-28(34-24)38-25(16-26(36-38)29(30,31)32)22-12-11-20-7-5-6-8-21(20)15-22/h5-18H,3-4H2,1-2H3,(H,35,39)/b33-17-. The van der Waals surface area contributed by atoms with Gasteiger partial charge in [-0.3, -0.25) is 4.79 Å². The van der Waals surface area contributed by atoms with Crippen LogP contribution in [0.1, 0.15) is 35.6 Å². The van der Waals surface area contributed by atoms with Crippen LogP contribution in [0, 0.1) is 0 Å². The maximum Gasteiger partial charge on any atom is 0.435 e. The molecule has 1 amide bonds. The third-order valence-electron chi connectivity index (χ3n) is 6.35. The Hall–Kier alpha value is -4.51. The fourth-order valence-electron chi connectivity index (χ4n) is 4.27. The van der Waals surface area contributed by atoms with Crippen molar-refractivity contribution in [1.29, 1.82) is 0 Å². The first-order valence-corrected chi connectivity index (χ1v) is 13.5. The van der Waals surface area contributed by atoms with E-state index in [1.165, 1.54) is 11.6 Å². The van der Waals surface area contributed by atoms with Gasteiger partial charge in [-0.05, 0) is 54.4 Å². The van der Waals surface area contributed by atoms with E-state index in [1.54, 1.807) is 12.1 Å². The molecule has 0 aliphatic carbocycles. The second-order valence-corrected chi connectivity index (χ2v) is 9.70. The first-order chi connectivity index (χ1) is 19.3. The van der Waals surface area contributed by atoms with Crippen molar-refractivity contribution < 1.29 is 18.0 Å². The number of thiazole rings is 1. The lowest BCUT2D eigenvalue weighted by Crippen LogP contribution is -2.21. The number of nitrogens with zero attached hydrogens (tertiary/aromatic N) is 5. The summed E-state index contributed by atoms with van der Waals surface area (Å²) in [5.41, 5.74) is 4.04. The lowest BCUT2D eigenvalue weighted by atomic mass is 10.0. The van der Waals surface area contributed by atoms with Crippen LogP contribution in [0.4, 0.5) is 18.9 Å². The number of aromatic nitrogens is 3. The second-order valence-electron chi connectivity index (χ2n) is 8.86. The Morgan fingerprint density at radius 1 is 1.02 bits per heavy atom. The summed E-state index contributed by atoms with van der Waals surface area (Å²) in [5, 5.41) is 11.2. The van der Waals surface area contributed by atoms with Crippen molar-refractivity contribution in [3.05, 3.63) is 95.1 Å². The molecule has 5 rings (SSSR count). The van der Waals surface area contributed by atoms with E-state index >= 15 is 0 Å². The number of alkyl halides is 3. The predicted molar refractivity (Wildman–Crippen MR) is 152 cm³/mol. The largest absolute Gasteiger partial charge is 0.435 e. The molecule has 0 aliphatic rings. The quantitative estimate of drug-likeness (QED) is 0.167. The van der Waals surface area contributed by atoms with Gasteiger partial charge in [0.25, 0.3) is 5.91 Å². The van der Waals surface area contributed by atoms with Crippen LogP contribution in [0.5, 0.6) is 0 Å². The molecule has 0 aliphatic heterocycles. The Balaban J connectivity index is 1.37. The van der Waals surface area contributed by atoms with E-state index in [1.807, 2.05) is 54.6 Å². The summed E-state index contributed by atoms with van der Waals surface area (Å²) in [6.45, 7) is 5.97. The molecule has 40 heavy (non-hydrogen) atoms. The number of halogens is 3. The Labute approximate surface area is 232 Å². The van der Waals surface area contributed by atoms with Gasteiger partial charge >= 0.3 is 6.18 Å². The van der Waals surface area contributed by atoms with Crippen molar-refractivity contribution in [2.24, 2.45) is 5.10 Å². The molecule has 2 aromatic heterocycles. The minimum atomic E-state index is -4.65. The summed E-state index contributed by atoms with van der Waals surface area (Å²) >= 11 is 1.01. The van der Waals surface area contributed by atoms with Crippen molar-refractivity contribution >= 4 is 39.9 Å². The Bertz CT molecular complexity index is 1670. The van der Waals surface area contributed by atoms with Gasteiger partial charge in [0.2, 0.25) is 5.13 Å². The van der Waals surface area contributed by atoms with Gasteiger partial charge in [0.15, 0.2) is 5.69 Å². The average Bonchev–Trinajstić information content (AvgIpc) is 3.62. The van der Waals surface area contributed by atoms with Crippen molar-refractivity contribution in [1.82, 2.24) is 20.2 Å². The van der Waals surface area contributed by atoms with Crippen LogP contribution >= 0.6 is 11.3 Å². The fraction of sp³-hybridized carbons (Fsp3) is 0.172. The number of hydrazone groups is 1. The van der Waals surface area contributed by atoms with Gasteiger partial charge in [0.05, 0.1) is 11.9 Å². The number of benzene rings is 3. The van der Waals surface area contributed by atoms with Gasteiger partial charge in [0.1, 0.15) is 5.69 Å². The van der Waals surface area contributed by atoms with Gasteiger partial charge in [-0.2, -0.15) is 23.4 Å². The highest BCUT2D eigenvalue weighted by atomic mass is 32.1. The third kappa shape index (κ3) is 5.74. The molecule has 0 fully saturated rings. The Kier molecular flexibility index (Phi) is 7.65. The van der Waals surface area contributed by atoms with E-state index in [4.69, 9.17) is 0 Å². The van der Waals surface area contributed by atoms with Crippen LogP contribution in [0.15, 0.2) is 83.3 Å². The predicted octanol–water partition coefficient (Wildman–Crippen LogP) is 6.78. The average molecular weight is 563 g/mol. The number of hydrogen-bond donors (Lipinski definition) is 1. The molecule has 0 unspecified atom stereocenters. The highest BCUT2D eigenvalue weighted by Crippen LogP contribution is 2.34. The maximum atomic E-state index is 13.6. The van der Waals surface area contributed by atoms with Gasteiger partial charge in [-0.15, -0.1) is 11.3 Å². The number of carbonyl (C=O) groups is 1. The van der Waals surface area contributed by atoms with Crippen LogP contribution in [-0.2, 0) is 6.18 Å². The van der Waals surface area contributed by atoms with Crippen molar-refractivity contribution in [2.45, 2.75) is 20.0 Å². The summed E-state index contributed by atoms with van der Waals surface area (Å²) in [6.07, 6.45) is -3.13. The van der Waals surface area contributed by atoms with Crippen LogP contribution in [0.2, 0.25) is 0 Å². The number of fused-ring (bicyclic) bond motifs is 1. The summed E-state index contributed by atoms with van der Waals surface area (Å²) in [7, 11) is 0. The highest BCUT2D eigenvalue weighted by molar-refractivity contribution is 7.12. The second kappa shape index (κ2) is 11.3. The van der Waals surface area contributed by atoms with Crippen molar-refractivity contribution in [3.63, 3.8) is 0 Å². The number of amides is 1. The van der Waals surface area contributed by atoms with Gasteiger partial charge in [-0.25, -0.2) is 15.1 Å². The summed E-state index contributed by atoms with van der Waals surface area (Å²) < 4.78 is 41.9. The smallest absolute Gasteiger partial charge is 0.372 e. The zero-order valence-corrected chi connectivity index (χ0v) is 22.5. The van der Waals surface area contributed by atoms with E-state index < -0.39 is 17.8 Å². The molecule has 204 valence electrons. The number of carbonyl (C=O) groups excluding carboxylic acids is 1. The molecule has 7 nitrogen and oxygen atoms in total. The zero-order valence-electron chi connectivity index (χ0n) is 21.7. The number of anilines is 1. The maximum absolute atomic E-state index is 13.6. The monoisotopic (exact) mass is 562 g/mol. The Morgan fingerprint density at radius 3 is 2.45 bits per heavy atom. The van der Waals surface area contributed by atoms with E-state index in [-0.39, 0.29) is 16.5 Å². The normalized spacial score (nSPS) is 11.8. The molecule has 2 heterocycles. The molecule has 3 aromatic carbocycles. The SMILES string of the molecule is CCN(CC)c1ccc(/C=N\NC(=O)c2csc(-n3nc(C(F)(F)F)cc3-c3ccc4ccccc4c3)n2)cc1. The summed E-state index contributed by atoms with van der Waals surface area (Å²) in [5.74, 6) is -0.589. The number of nitrogens with one attached hydrogen (secondary N) is 1. The van der Waals surface area contributed by atoms with E-state index in [2.05, 4.69) is 39.4 Å². The van der Waals surface area contributed by atoms with Gasteiger partial charge in [-0.1, -0.05) is 48.5 Å². The first-order valence-electron chi connectivity index (χ1n) is 12.6. The number of rotatable bonds is 8. The van der Waals surface area contributed by atoms with Crippen LogP contribution < -0.4 is 10.3 Å². The number of hydrogen-bond acceptors (Lipinski definition) is 6. The molecule has 0 atom stereocenters. The molecule has 1 N–H and O–H groups in total. The first kappa shape index (κ1) is 27.1. The molecular formula is C29H25F3N6OS. The Morgan fingerprint density at radius 2 is 1.75 bits per heavy atom. The zero-order chi connectivity index (χ0) is 28.3. The lowest BCUT2D eigenvalue weighted by molar-refractivity contribution is -0.141. The molecule has 0 bridgehead atoms.